The highest BCUT2D eigenvalue weighted by Crippen LogP contribution is 2.32. The summed E-state index contributed by atoms with van der Waals surface area (Å²) in [5.41, 5.74) is 6.57. The molecule has 4 aromatic heterocycles. The van der Waals surface area contributed by atoms with E-state index in [2.05, 4.69) is 76.5 Å². The average Bonchev–Trinajstić information content (AvgIpc) is 3.64. The third-order valence-corrected chi connectivity index (χ3v) is 8.23. The van der Waals surface area contributed by atoms with Gasteiger partial charge in [-0.3, -0.25) is 14.8 Å². The molecule has 0 saturated carbocycles. The summed E-state index contributed by atoms with van der Waals surface area (Å²) in [7, 11) is 0. The largest absolute Gasteiger partial charge is 0.369 e. The molecule has 2 N–H and O–H groups in total. The standard InChI is InChI=1S/C18H21N3O.C18H23N3/c1-12(2)5-7-14-8-6-13(10-20-14)17(22)16-11-21-18-15(16)4-3-9-19-18;1-13(2)5-7-16-8-6-14(11-20-16)10-15-12-21-18-17(15)4-3-9-19-18/h3-4,6,8-10,12,16H,5,7,11H2,1-2H3,(H,19,21);3-4,6,8-9,11,13,15H,5,7,10,12H2,1-2H3,(H,19,21). The molecule has 6 heterocycles. The van der Waals surface area contributed by atoms with Gasteiger partial charge in [0, 0.05) is 66.3 Å². The Morgan fingerprint density at radius 1 is 0.744 bits per heavy atom. The molecule has 0 amide bonds. The first kappa shape index (κ1) is 30.3. The molecule has 7 nitrogen and oxygen atoms in total. The van der Waals surface area contributed by atoms with Gasteiger partial charge in [0.05, 0.1) is 5.92 Å². The van der Waals surface area contributed by atoms with Crippen LogP contribution in [0.1, 0.15) is 90.8 Å². The maximum atomic E-state index is 12.7. The van der Waals surface area contributed by atoms with Crippen LogP contribution in [-0.4, -0.2) is 38.8 Å². The van der Waals surface area contributed by atoms with Crippen molar-refractivity contribution in [1.82, 2.24) is 19.9 Å². The first-order valence-corrected chi connectivity index (χ1v) is 15.7. The van der Waals surface area contributed by atoms with Gasteiger partial charge in [0.25, 0.3) is 0 Å². The number of carbonyl (C=O) groups is 1. The first-order chi connectivity index (χ1) is 20.9. The van der Waals surface area contributed by atoms with Gasteiger partial charge in [-0.15, -0.1) is 0 Å². The van der Waals surface area contributed by atoms with Crippen LogP contribution in [0.2, 0.25) is 0 Å². The van der Waals surface area contributed by atoms with Crippen LogP contribution >= 0.6 is 0 Å². The number of pyridine rings is 4. The van der Waals surface area contributed by atoms with E-state index >= 15 is 0 Å². The van der Waals surface area contributed by atoms with Crippen molar-refractivity contribution in [2.24, 2.45) is 11.8 Å². The number of Topliss-reactive ketones (excluding diaryl/α,β-unsaturated/α-hetero) is 1. The predicted molar refractivity (Wildman–Crippen MR) is 174 cm³/mol. The smallest absolute Gasteiger partial charge is 0.173 e. The van der Waals surface area contributed by atoms with Crippen LogP contribution in [0.15, 0.2) is 73.3 Å². The second-order valence-corrected chi connectivity index (χ2v) is 12.5. The monoisotopic (exact) mass is 576 g/mol. The molecule has 2 atom stereocenters. The maximum Gasteiger partial charge on any atom is 0.173 e. The minimum absolute atomic E-state index is 0.113. The van der Waals surface area contributed by atoms with Crippen molar-refractivity contribution < 1.29 is 4.79 Å². The van der Waals surface area contributed by atoms with E-state index in [9.17, 15) is 4.79 Å². The SMILES string of the molecule is CC(C)CCc1ccc(C(=O)C2CNc3ncccc32)cn1.CC(C)CCc1ccc(CC2CNc3ncccc32)cn1. The lowest BCUT2D eigenvalue weighted by atomic mass is 9.94. The third kappa shape index (κ3) is 8.04. The predicted octanol–water partition coefficient (Wildman–Crippen LogP) is 7.27. The highest BCUT2D eigenvalue weighted by molar-refractivity contribution is 6.02. The molecule has 4 aromatic rings. The molecular formula is C36H44N6O. The number of nitrogens with one attached hydrogen (secondary N) is 2. The van der Waals surface area contributed by atoms with Crippen molar-refractivity contribution >= 4 is 17.4 Å². The van der Waals surface area contributed by atoms with Crippen LogP contribution < -0.4 is 10.6 Å². The molecule has 7 heteroatoms. The number of aryl methyl sites for hydroxylation is 2. The van der Waals surface area contributed by atoms with Crippen LogP contribution in [0.4, 0.5) is 11.6 Å². The fraction of sp³-hybridized carbons (Fsp3) is 0.417. The number of rotatable bonds is 10. The summed E-state index contributed by atoms with van der Waals surface area (Å²) in [6, 6.07) is 16.3. The zero-order valence-corrected chi connectivity index (χ0v) is 25.9. The normalized spacial score (nSPS) is 16.6. The topological polar surface area (TPSA) is 92.7 Å². The van der Waals surface area contributed by atoms with Crippen LogP contribution in [0.3, 0.4) is 0 Å². The lowest BCUT2D eigenvalue weighted by Crippen LogP contribution is -2.15. The van der Waals surface area contributed by atoms with Gasteiger partial charge in [-0.2, -0.15) is 0 Å². The molecule has 6 rings (SSSR count). The van der Waals surface area contributed by atoms with Crippen molar-refractivity contribution in [2.75, 3.05) is 23.7 Å². The second-order valence-electron chi connectivity index (χ2n) is 12.5. The number of aromatic nitrogens is 4. The fourth-order valence-corrected chi connectivity index (χ4v) is 5.60. The van der Waals surface area contributed by atoms with Gasteiger partial charge in [-0.25, -0.2) is 9.97 Å². The van der Waals surface area contributed by atoms with Gasteiger partial charge in [0.2, 0.25) is 0 Å². The molecule has 2 unspecified atom stereocenters. The summed E-state index contributed by atoms with van der Waals surface area (Å²) >= 11 is 0. The summed E-state index contributed by atoms with van der Waals surface area (Å²) in [4.78, 5) is 30.4. The summed E-state index contributed by atoms with van der Waals surface area (Å²) in [5, 5.41) is 6.58. The molecule has 0 fully saturated rings. The number of ketones is 1. The van der Waals surface area contributed by atoms with E-state index in [-0.39, 0.29) is 11.7 Å². The van der Waals surface area contributed by atoms with Gasteiger partial charge in [0.1, 0.15) is 11.6 Å². The molecule has 0 spiro atoms. The Hall–Kier alpha value is -4.13. The van der Waals surface area contributed by atoms with Gasteiger partial charge < -0.3 is 10.6 Å². The molecule has 224 valence electrons. The van der Waals surface area contributed by atoms with Crippen molar-refractivity contribution in [3.63, 3.8) is 0 Å². The van der Waals surface area contributed by atoms with Gasteiger partial charge in [-0.1, -0.05) is 45.9 Å². The van der Waals surface area contributed by atoms with E-state index in [0.717, 1.165) is 61.0 Å². The number of nitrogens with zero attached hydrogens (tertiary/aromatic N) is 4. The Balaban J connectivity index is 0.000000171. The zero-order valence-electron chi connectivity index (χ0n) is 25.9. The minimum atomic E-state index is -0.160. The number of carbonyl (C=O) groups excluding carboxylic acids is 1. The van der Waals surface area contributed by atoms with E-state index in [0.29, 0.717) is 23.9 Å². The quantitative estimate of drug-likeness (QED) is 0.192. The average molecular weight is 577 g/mol. The summed E-state index contributed by atoms with van der Waals surface area (Å²) < 4.78 is 0. The lowest BCUT2D eigenvalue weighted by Gasteiger charge is -2.10. The molecule has 0 bridgehead atoms. The van der Waals surface area contributed by atoms with E-state index in [4.69, 9.17) is 0 Å². The Morgan fingerprint density at radius 2 is 1.35 bits per heavy atom. The number of fused-ring (bicyclic) bond motifs is 2. The lowest BCUT2D eigenvalue weighted by molar-refractivity contribution is 0.0966. The van der Waals surface area contributed by atoms with E-state index in [1.807, 2.05) is 42.7 Å². The van der Waals surface area contributed by atoms with Crippen LogP contribution in [-0.2, 0) is 19.3 Å². The Morgan fingerprint density at radius 3 is 1.95 bits per heavy atom. The van der Waals surface area contributed by atoms with E-state index in [1.165, 1.54) is 23.2 Å². The molecule has 2 aliphatic rings. The van der Waals surface area contributed by atoms with E-state index < -0.39 is 0 Å². The Bertz CT molecular complexity index is 1480. The molecule has 0 aliphatic carbocycles. The molecular weight excluding hydrogens is 532 g/mol. The van der Waals surface area contributed by atoms with Crippen LogP contribution in [0, 0.1) is 11.8 Å². The summed E-state index contributed by atoms with van der Waals surface area (Å²) in [6.45, 7) is 10.5. The highest BCUT2D eigenvalue weighted by atomic mass is 16.1. The minimum Gasteiger partial charge on any atom is -0.369 e. The first-order valence-electron chi connectivity index (χ1n) is 15.7. The Kier molecular flexibility index (Phi) is 10.1. The highest BCUT2D eigenvalue weighted by Gasteiger charge is 2.30. The molecule has 0 radical (unpaired) electrons. The van der Waals surface area contributed by atoms with Crippen molar-refractivity contribution in [1.29, 1.82) is 0 Å². The second kappa shape index (κ2) is 14.4. The Labute approximate surface area is 256 Å². The number of anilines is 2. The fourth-order valence-electron chi connectivity index (χ4n) is 5.60. The molecule has 2 aliphatic heterocycles. The number of hydrogen-bond donors (Lipinski definition) is 2. The molecule has 0 aromatic carbocycles. The summed E-state index contributed by atoms with van der Waals surface area (Å²) in [6.07, 6.45) is 12.7. The van der Waals surface area contributed by atoms with Gasteiger partial charge >= 0.3 is 0 Å². The number of hydrogen-bond acceptors (Lipinski definition) is 7. The van der Waals surface area contributed by atoms with Crippen LogP contribution in [0.25, 0.3) is 0 Å². The maximum absolute atomic E-state index is 12.7. The van der Waals surface area contributed by atoms with Crippen molar-refractivity contribution in [3.05, 3.63) is 107 Å². The third-order valence-electron chi connectivity index (χ3n) is 8.23. The van der Waals surface area contributed by atoms with E-state index in [1.54, 1.807) is 12.4 Å². The summed E-state index contributed by atoms with van der Waals surface area (Å²) in [5.74, 6) is 3.73. The molecule has 43 heavy (non-hydrogen) atoms. The zero-order chi connectivity index (χ0) is 30.2. The van der Waals surface area contributed by atoms with Crippen molar-refractivity contribution in [3.8, 4) is 0 Å². The van der Waals surface area contributed by atoms with Crippen LogP contribution in [0.5, 0.6) is 0 Å². The van der Waals surface area contributed by atoms with Crippen molar-refractivity contribution in [2.45, 2.75) is 71.6 Å². The van der Waals surface area contributed by atoms with Gasteiger partial charge in [-0.05, 0) is 85.4 Å². The molecule has 0 saturated heterocycles. The van der Waals surface area contributed by atoms with Gasteiger partial charge in [0.15, 0.2) is 5.78 Å².